The van der Waals surface area contributed by atoms with Crippen molar-refractivity contribution in [3.63, 3.8) is 0 Å². The minimum Gasteiger partial charge on any atom is -0.435 e. The van der Waals surface area contributed by atoms with Crippen LogP contribution < -0.4 is 4.90 Å². The Balaban J connectivity index is 1.23. The maximum atomic E-state index is 8.79. The van der Waals surface area contributed by atoms with Gasteiger partial charge in [0.15, 0.2) is 5.58 Å². The maximum absolute atomic E-state index is 8.79. The molecule has 214 valence electrons. The van der Waals surface area contributed by atoms with Crippen molar-refractivity contribution in [2.24, 2.45) is 0 Å². The number of oxazole rings is 1. The van der Waals surface area contributed by atoms with Gasteiger partial charge in [-0.3, -0.25) is 0 Å². The average Bonchev–Trinajstić information content (AvgIpc) is 3.71. The molecular weight excluding hydrogens is 548 g/mol. The Bertz CT molecular complexity index is 2750. The number of aromatic nitrogens is 1. The topological polar surface area (TPSA) is 29.3 Å². The lowest BCUT2D eigenvalue weighted by Gasteiger charge is -2.27. The lowest BCUT2D eigenvalue weighted by atomic mass is 9.82. The normalized spacial score (nSPS) is 15.8. The lowest BCUT2D eigenvalue weighted by Crippen LogP contribution is -2.15. The van der Waals surface area contributed by atoms with Crippen molar-refractivity contribution in [3.8, 4) is 22.6 Å². The fourth-order valence-electron chi connectivity index (χ4n) is 6.75. The highest BCUT2D eigenvalue weighted by molar-refractivity contribution is 6.22. The van der Waals surface area contributed by atoms with Gasteiger partial charge in [-0.05, 0) is 81.6 Å². The molecule has 7 aromatic carbocycles. The second-order valence-electron chi connectivity index (χ2n) is 11.8. The van der Waals surface area contributed by atoms with E-state index >= 15 is 0 Å². The Morgan fingerprint density at radius 2 is 1.20 bits per heavy atom. The van der Waals surface area contributed by atoms with Crippen LogP contribution in [-0.4, -0.2) is 4.98 Å². The Morgan fingerprint density at radius 3 is 1.98 bits per heavy atom. The van der Waals surface area contributed by atoms with Crippen molar-refractivity contribution < 1.29 is 15.4 Å². The Morgan fingerprint density at radius 1 is 0.600 bits per heavy atom. The molecule has 1 aliphatic carbocycles. The van der Waals surface area contributed by atoms with E-state index in [1.165, 1.54) is 22.3 Å². The predicted octanol–water partition coefficient (Wildman–Crippen LogP) is 11.6. The zero-order valence-corrected chi connectivity index (χ0v) is 24.5. The summed E-state index contributed by atoms with van der Waals surface area (Å²) < 4.78 is 74.8. The Kier molecular flexibility index (Phi) is 4.06. The molecule has 3 heteroatoms. The number of rotatable bonds is 4. The first-order valence-corrected chi connectivity index (χ1v) is 14.8. The van der Waals surface area contributed by atoms with Crippen molar-refractivity contribution in [2.45, 2.75) is 19.3 Å². The van der Waals surface area contributed by atoms with E-state index in [0.29, 0.717) is 5.56 Å². The molecule has 8 aromatic rings. The fourth-order valence-corrected chi connectivity index (χ4v) is 6.75. The third kappa shape index (κ3) is 3.87. The summed E-state index contributed by atoms with van der Waals surface area (Å²) in [6.45, 7) is 4.51. The number of benzene rings is 7. The Labute approximate surface area is 273 Å². The van der Waals surface area contributed by atoms with Gasteiger partial charge in [0.2, 0.25) is 5.89 Å². The van der Waals surface area contributed by atoms with Crippen LogP contribution in [-0.2, 0) is 5.41 Å². The van der Waals surface area contributed by atoms with E-state index in [1.807, 2.05) is 42.5 Å². The predicted molar refractivity (Wildman–Crippen MR) is 187 cm³/mol. The molecule has 0 unspecified atom stereocenters. The zero-order chi connectivity index (χ0) is 37.1. The van der Waals surface area contributed by atoms with E-state index < -0.39 is 36.3 Å². The summed E-state index contributed by atoms with van der Waals surface area (Å²) in [5.41, 5.74) is 8.39. The molecule has 9 rings (SSSR count). The van der Waals surface area contributed by atoms with Gasteiger partial charge in [0.05, 0.1) is 11.0 Å². The van der Waals surface area contributed by atoms with Crippen molar-refractivity contribution in [3.05, 3.63) is 157 Å². The van der Waals surface area contributed by atoms with E-state index in [4.69, 9.17) is 20.4 Å². The third-order valence-corrected chi connectivity index (χ3v) is 8.93. The monoisotopic (exact) mass is 586 g/mol. The molecule has 0 spiro atoms. The molecule has 3 nitrogen and oxygen atoms in total. The molecule has 1 aromatic heterocycles. The van der Waals surface area contributed by atoms with Crippen LogP contribution >= 0.6 is 0 Å². The fraction of sp³-hybridized carbons (Fsp3) is 0.0714. The van der Waals surface area contributed by atoms with Crippen LogP contribution in [0.1, 0.15) is 35.9 Å². The van der Waals surface area contributed by atoms with E-state index in [1.54, 1.807) is 0 Å². The molecule has 0 N–H and O–H groups in total. The number of nitrogens with zero attached hydrogens (tertiary/aromatic N) is 2. The number of hydrogen-bond acceptors (Lipinski definition) is 3. The van der Waals surface area contributed by atoms with Crippen LogP contribution in [0.2, 0.25) is 0 Å². The van der Waals surface area contributed by atoms with Gasteiger partial charge < -0.3 is 9.32 Å². The van der Waals surface area contributed by atoms with Crippen LogP contribution in [0, 0.1) is 0 Å². The van der Waals surface area contributed by atoms with Crippen molar-refractivity contribution in [2.75, 3.05) is 4.90 Å². The first kappa shape index (κ1) is 18.9. The molecule has 0 amide bonds. The molecule has 0 saturated carbocycles. The molecule has 0 bridgehead atoms. The highest BCUT2D eigenvalue weighted by Crippen LogP contribution is 2.50. The second-order valence-corrected chi connectivity index (χ2v) is 11.8. The van der Waals surface area contributed by atoms with Gasteiger partial charge in [0.1, 0.15) is 5.52 Å². The van der Waals surface area contributed by atoms with Crippen LogP contribution in [0.3, 0.4) is 0 Å². The highest BCUT2D eigenvalue weighted by Gasteiger charge is 2.35. The van der Waals surface area contributed by atoms with Gasteiger partial charge >= 0.3 is 0 Å². The maximum Gasteiger partial charge on any atom is 0.227 e. The molecule has 1 heterocycles. The molecule has 0 fully saturated rings. The summed E-state index contributed by atoms with van der Waals surface area (Å²) in [6.07, 6.45) is 0. The summed E-state index contributed by atoms with van der Waals surface area (Å²) in [7, 11) is 0. The number of fused-ring (bicyclic) bond motifs is 9. The molecule has 45 heavy (non-hydrogen) atoms. The van der Waals surface area contributed by atoms with Crippen LogP contribution in [0.25, 0.3) is 55.2 Å². The molecule has 0 saturated heterocycles. The third-order valence-electron chi connectivity index (χ3n) is 8.93. The van der Waals surface area contributed by atoms with E-state index in [0.717, 1.165) is 17.1 Å². The number of hydrogen-bond donors (Lipinski definition) is 0. The first-order valence-electron chi connectivity index (χ1n) is 18.8. The van der Waals surface area contributed by atoms with Crippen molar-refractivity contribution in [1.82, 2.24) is 4.98 Å². The molecule has 1 aliphatic rings. The van der Waals surface area contributed by atoms with E-state index in [9.17, 15) is 0 Å². The summed E-state index contributed by atoms with van der Waals surface area (Å²) in [4.78, 5) is 6.92. The van der Waals surface area contributed by atoms with Gasteiger partial charge in [-0.25, -0.2) is 4.98 Å². The smallest absolute Gasteiger partial charge is 0.227 e. The minimum absolute atomic E-state index is 0.00974. The second kappa shape index (κ2) is 9.67. The number of para-hydroxylation sites is 1. The van der Waals surface area contributed by atoms with E-state index in [2.05, 4.69) is 73.3 Å². The Hall–Kier alpha value is -5.67. The van der Waals surface area contributed by atoms with Crippen molar-refractivity contribution in [1.29, 1.82) is 0 Å². The molecular formula is C42H30N2O. The van der Waals surface area contributed by atoms with Crippen LogP contribution in [0.4, 0.5) is 17.1 Å². The standard InChI is InChI=1S/C42H30N2O/c1-42(2)37-19-11-10-16-33(37)36-26-30(24-25-38(36)42)44(28-12-4-3-5-13-28)29-22-20-27(21-23-29)41-43-39-34-17-8-6-14-31(34)32-15-7-9-18-35(32)40(39)45-41/h3-26H,1-2H3/i6D,7D,8D,9D,14D,15D,17D,18D. The van der Waals surface area contributed by atoms with Gasteiger partial charge in [-0.2, -0.15) is 0 Å². The molecule has 0 aliphatic heterocycles. The summed E-state index contributed by atoms with van der Waals surface area (Å²) >= 11 is 0. The van der Waals surface area contributed by atoms with Crippen LogP contribution in [0.15, 0.2) is 150 Å². The highest BCUT2D eigenvalue weighted by atomic mass is 16.3. The van der Waals surface area contributed by atoms with Crippen LogP contribution in [0.5, 0.6) is 0 Å². The zero-order valence-electron chi connectivity index (χ0n) is 32.5. The van der Waals surface area contributed by atoms with Crippen molar-refractivity contribution >= 4 is 49.7 Å². The van der Waals surface area contributed by atoms with Gasteiger partial charge in [0.25, 0.3) is 0 Å². The van der Waals surface area contributed by atoms with Gasteiger partial charge in [-0.15, -0.1) is 0 Å². The summed E-state index contributed by atoms with van der Waals surface area (Å²) in [5.74, 6) is 0.141. The summed E-state index contributed by atoms with van der Waals surface area (Å²) in [6, 6.07) is 29.3. The molecule has 0 radical (unpaired) electrons. The number of anilines is 3. The average molecular weight is 587 g/mol. The summed E-state index contributed by atoms with van der Waals surface area (Å²) in [5, 5.41) is -0.0238. The minimum atomic E-state index is -0.509. The van der Waals surface area contributed by atoms with Gasteiger partial charge in [-0.1, -0.05) is 111 Å². The quantitative estimate of drug-likeness (QED) is 0.192. The van der Waals surface area contributed by atoms with Gasteiger partial charge in [0, 0.05) is 38.8 Å². The van der Waals surface area contributed by atoms with E-state index in [-0.39, 0.29) is 56.0 Å². The largest absolute Gasteiger partial charge is 0.435 e. The SMILES string of the molecule is [2H]c1c([2H])c([2H])c2c(c1[2H])c1nc(-c3ccc(N(c4ccccc4)c4ccc5c(c4)-c4ccccc4C5(C)C)cc3)oc1c1c([2H])c([2H])c([2H])c([2H])c12. The molecule has 0 atom stereocenters. The lowest BCUT2D eigenvalue weighted by molar-refractivity contribution is 0.623. The first-order chi connectivity index (χ1) is 25.4.